The first-order valence-corrected chi connectivity index (χ1v) is 9.34. The van der Waals surface area contributed by atoms with Crippen molar-refractivity contribution in [3.8, 4) is 0 Å². The van der Waals surface area contributed by atoms with E-state index in [-0.39, 0.29) is 24.0 Å². The number of likely N-dealkylation sites (N-methyl/N-ethyl adjacent to an activating group) is 1. The van der Waals surface area contributed by atoms with Crippen LogP contribution in [0.15, 0.2) is 20.9 Å². The highest BCUT2D eigenvalue weighted by Gasteiger charge is 2.22. The number of guanidine groups is 1. The van der Waals surface area contributed by atoms with Gasteiger partial charge < -0.3 is 10.6 Å². The Bertz CT molecular complexity index is 466. The summed E-state index contributed by atoms with van der Waals surface area (Å²) >= 11 is 5.23. The van der Waals surface area contributed by atoms with Crippen molar-refractivity contribution in [2.24, 2.45) is 4.99 Å². The predicted octanol–water partition coefficient (Wildman–Crippen LogP) is 3.67. The molecule has 0 aliphatic carbocycles. The molecule has 0 saturated carbocycles. The van der Waals surface area contributed by atoms with Gasteiger partial charge in [0.1, 0.15) is 0 Å². The van der Waals surface area contributed by atoms with Gasteiger partial charge in [-0.25, -0.2) is 4.99 Å². The smallest absolute Gasteiger partial charge is 0.191 e. The molecule has 7 heteroatoms. The van der Waals surface area contributed by atoms with E-state index in [9.17, 15) is 0 Å². The van der Waals surface area contributed by atoms with Crippen LogP contribution in [0.5, 0.6) is 0 Å². The number of hydrogen-bond acceptors (Lipinski definition) is 3. The lowest BCUT2D eigenvalue weighted by Gasteiger charge is -2.23. The molecule has 1 unspecified atom stereocenters. The standard InChI is InChI=1S/C15H25BrN4S.HI/c1-3-17-15(19-11-13-7-8-14(16)21-13)18-10-12-6-5-9-20(12)4-2;/h7-8,12H,3-6,9-11H2,1-2H3,(H2,17,18,19);1H. The zero-order chi connectivity index (χ0) is 15.1. The molecule has 2 N–H and O–H groups in total. The van der Waals surface area contributed by atoms with E-state index in [1.54, 1.807) is 11.3 Å². The topological polar surface area (TPSA) is 39.7 Å². The van der Waals surface area contributed by atoms with Gasteiger partial charge in [-0.2, -0.15) is 0 Å². The second kappa shape index (κ2) is 10.8. The van der Waals surface area contributed by atoms with Gasteiger partial charge in [-0.3, -0.25) is 4.90 Å². The van der Waals surface area contributed by atoms with Crippen molar-refractivity contribution in [1.82, 2.24) is 15.5 Å². The van der Waals surface area contributed by atoms with Crippen LogP contribution >= 0.6 is 51.2 Å². The number of nitrogens with one attached hydrogen (secondary N) is 2. The van der Waals surface area contributed by atoms with Crippen molar-refractivity contribution < 1.29 is 0 Å². The van der Waals surface area contributed by atoms with Gasteiger partial charge >= 0.3 is 0 Å². The zero-order valence-electron chi connectivity index (χ0n) is 13.3. The number of hydrogen-bond donors (Lipinski definition) is 2. The van der Waals surface area contributed by atoms with Crippen LogP contribution in [-0.2, 0) is 6.54 Å². The molecular formula is C15H26BrIN4S. The minimum Gasteiger partial charge on any atom is -0.357 e. The van der Waals surface area contributed by atoms with Gasteiger partial charge in [-0.1, -0.05) is 6.92 Å². The van der Waals surface area contributed by atoms with Gasteiger partial charge in [0.05, 0.1) is 10.3 Å². The number of rotatable bonds is 6. The summed E-state index contributed by atoms with van der Waals surface area (Å²) in [5, 5.41) is 6.82. The van der Waals surface area contributed by atoms with Crippen LogP contribution in [0.4, 0.5) is 0 Å². The Kier molecular flexibility index (Phi) is 9.94. The van der Waals surface area contributed by atoms with Crippen LogP contribution in [0.2, 0.25) is 0 Å². The monoisotopic (exact) mass is 500 g/mol. The first kappa shape index (κ1) is 20.2. The fraction of sp³-hybridized carbons (Fsp3) is 0.667. The van der Waals surface area contributed by atoms with E-state index in [1.807, 2.05) is 0 Å². The quantitative estimate of drug-likeness (QED) is 0.355. The Morgan fingerprint density at radius 1 is 1.41 bits per heavy atom. The maximum Gasteiger partial charge on any atom is 0.191 e. The summed E-state index contributed by atoms with van der Waals surface area (Å²) in [6.07, 6.45) is 2.61. The lowest BCUT2D eigenvalue weighted by atomic mass is 10.2. The third kappa shape index (κ3) is 6.33. The fourth-order valence-electron chi connectivity index (χ4n) is 2.69. The molecule has 1 aromatic rings. The third-order valence-corrected chi connectivity index (χ3v) is 5.38. The Hall–Kier alpha value is 0.140. The maximum atomic E-state index is 4.67. The van der Waals surface area contributed by atoms with Crippen molar-refractivity contribution >= 4 is 57.2 Å². The minimum absolute atomic E-state index is 0. The van der Waals surface area contributed by atoms with Crippen molar-refractivity contribution in [2.75, 3.05) is 26.2 Å². The van der Waals surface area contributed by atoms with E-state index in [0.717, 1.165) is 35.9 Å². The number of thiophene rings is 1. The highest BCUT2D eigenvalue weighted by molar-refractivity contribution is 14.0. The molecule has 1 aliphatic rings. The molecule has 126 valence electrons. The molecule has 1 aromatic heterocycles. The summed E-state index contributed by atoms with van der Waals surface area (Å²) in [5.74, 6) is 0.921. The first-order valence-electron chi connectivity index (χ1n) is 7.73. The van der Waals surface area contributed by atoms with Gasteiger partial charge in [-0.05, 0) is 60.9 Å². The Labute approximate surface area is 163 Å². The predicted molar refractivity (Wildman–Crippen MR) is 111 cm³/mol. The summed E-state index contributed by atoms with van der Waals surface area (Å²) in [5.41, 5.74) is 0. The van der Waals surface area contributed by atoms with Gasteiger partial charge in [0, 0.05) is 24.0 Å². The van der Waals surface area contributed by atoms with Crippen molar-refractivity contribution in [3.05, 3.63) is 20.8 Å². The second-order valence-electron chi connectivity index (χ2n) is 5.21. The van der Waals surface area contributed by atoms with Crippen LogP contribution in [0, 0.1) is 0 Å². The second-order valence-corrected chi connectivity index (χ2v) is 7.75. The summed E-state index contributed by atoms with van der Waals surface area (Å²) in [6.45, 7) is 9.33. The van der Waals surface area contributed by atoms with E-state index in [4.69, 9.17) is 0 Å². The van der Waals surface area contributed by atoms with Gasteiger partial charge in [-0.15, -0.1) is 35.3 Å². The van der Waals surface area contributed by atoms with Gasteiger partial charge in [0.2, 0.25) is 0 Å². The minimum atomic E-state index is 0. The molecule has 0 spiro atoms. The molecule has 1 fully saturated rings. The molecule has 0 radical (unpaired) electrons. The van der Waals surface area contributed by atoms with E-state index in [0.29, 0.717) is 6.04 Å². The average molecular weight is 501 g/mol. The number of aliphatic imine (C=N–C) groups is 1. The molecule has 1 saturated heterocycles. The maximum absolute atomic E-state index is 4.67. The average Bonchev–Trinajstić information content (AvgIpc) is 3.10. The summed E-state index contributed by atoms with van der Waals surface area (Å²) < 4.78 is 1.16. The molecule has 1 atom stereocenters. The molecular weight excluding hydrogens is 475 g/mol. The number of likely N-dealkylation sites (tertiary alicyclic amines) is 1. The summed E-state index contributed by atoms with van der Waals surface area (Å²) in [4.78, 5) is 8.50. The van der Waals surface area contributed by atoms with Crippen molar-refractivity contribution in [1.29, 1.82) is 0 Å². The molecule has 22 heavy (non-hydrogen) atoms. The largest absolute Gasteiger partial charge is 0.357 e. The normalized spacial score (nSPS) is 19.0. The fourth-order valence-corrected chi connectivity index (χ4v) is 4.10. The number of nitrogens with zero attached hydrogens (tertiary/aromatic N) is 2. The molecule has 1 aliphatic heterocycles. The third-order valence-electron chi connectivity index (χ3n) is 3.78. The molecule has 2 rings (SSSR count). The lowest BCUT2D eigenvalue weighted by Crippen LogP contribution is -2.44. The van der Waals surface area contributed by atoms with Crippen molar-refractivity contribution in [2.45, 2.75) is 39.3 Å². The van der Waals surface area contributed by atoms with E-state index in [1.165, 1.54) is 24.3 Å². The van der Waals surface area contributed by atoms with Crippen LogP contribution < -0.4 is 10.6 Å². The van der Waals surface area contributed by atoms with Gasteiger partial charge in [0.25, 0.3) is 0 Å². The van der Waals surface area contributed by atoms with Crippen LogP contribution in [0.25, 0.3) is 0 Å². The van der Waals surface area contributed by atoms with E-state index < -0.39 is 0 Å². The number of halogens is 2. The van der Waals surface area contributed by atoms with Crippen molar-refractivity contribution in [3.63, 3.8) is 0 Å². The van der Waals surface area contributed by atoms with Crippen LogP contribution in [-0.4, -0.2) is 43.1 Å². The summed E-state index contributed by atoms with van der Waals surface area (Å²) in [7, 11) is 0. The first-order chi connectivity index (χ1) is 10.2. The summed E-state index contributed by atoms with van der Waals surface area (Å²) in [6, 6.07) is 4.85. The van der Waals surface area contributed by atoms with Crippen LogP contribution in [0.1, 0.15) is 31.6 Å². The Morgan fingerprint density at radius 3 is 2.86 bits per heavy atom. The molecule has 0 amide bonds. The SMILES string of the molecule is CCNC(=NCc1ccc(Br)s1)NCC1CCCN1CC.I. The Balaban J connectivity index is 0.00000242. The van der Waals surface area contributed by atoms with Crippen LogP contribution in [0.3, 0.4) is 0 Å². The Morgan fingerprint density at radius 2 is 2.23 bits per heavy atom. The highest BCUT2D eigenvalue weighted by Crippen LogP contribution is 2.22. The highest BCUT2D eigenvalue weighted by atomic mass is 127. The zero-order valence-corrected chi connectivity index (χ0v) is 18.0. The lowest BCUT2D eigenvalue weighted by molar-refractivity contribution is 0.267. The molecule has 0 aromatic carbocycles. The van der Waals surface area contributed by atoms with E-state index >= 15 is 0 Å². The van der Waals surface area contributed by atoms with Gasteiger partial charge in [0.15, 0.2) is 5.96 Å². The van der Waals surface area contributed by atoms with E-state index in [2.05, 4.69) is 62.4 Å². The molecule has 2 heterocycles. The molecule has 0 bridgehead atoms. The molecule has 4 nitrogen and oxygen atoms in total.